The van der Waals surface area contributed by atoms with E-state index in [9.17, 15) is 5.11 Å². The molecule has 5 rings (SSSR count). The van der Waals surface area contributed by atoms with Crippen LogP contribution in [0, 0.1) is 17.3 Å². The lowest BCUT2D eigenvalue weighted by Gasteiger charge is -2.52. The Morgan fingerprint density at radius 1 is 1.33 bits per heavy atom. The van der Waals surface area contributed by atoms with Crippen LogP contribution in [-0.4, -0.2) is 22.9 Å². The number of aliphatic hydroxyl groups excluding tert-OH is 1. The van der Waals surface area contributed by atoms with Crippen LogP contribution in [0.25, 0.3) is 0 Å². The monoisotopic (exact) mass is 208 g/mol. The van der Waals surface area contributed by atoms with Gasteiger partial charge in [0, 0.05) is 5.41 Å². The van der Waals surface area contributed by atoms with Crippen molar-refractivity contribution >= 4 is 0 Å². The van der Waals surface area contributed by atoms with Crippen LogP contribution in [0.3, 0.4) is 0 Å². The van der Waals surface area contributed by atoms with Crippen LogP contribution in [-0.2, 0) is 4.74 Å². The van der Waals surface area contributed by atoms with Crippen molar-refractivity contribution in [2.24, 2.45) is 17.3 Å². The van der Waals surface area contributed by atoms with E-state index < -0.39 is 0 Å². The highest BCUT2D eigenvalue weighted by atomic mass is 16.5. The van der Waals surface area contributed by atoms with Crippen LogP contribution in [0.15, 0.2) is 0 Å². The summed E-state index contributed by atoms with van der Waals surface area (Å²) >= 11 is 0. The maximum Gasteiger partial charge on any atom is 0.0694 e. The normalized spacial score (nSPS) is 66.0. The molecule has 5 fully saturated rings. The van der Waals surface area contributed by atoms with E-state index in [-0.39, 0.29) is 17.1 Å². The molecule has 3 saturated carbocycles. The average Bonchev–Trinajstić information content (AvgIpc) is 2.54. The lowest BCUT2D eigenvalue weighted by Crippen LogP contribution is -2.53. The zero-order valence-electron chi connectivity index (χ0n) is 9.41. The summed E-state index contributed by atoms with van der Waals surface area (Å²) in [6, 6.07) is 0. The van der Waals surface area contributed by atoms with Gasteiger partial charge in [0.15, 0.2) is 0 Å². The minimum atomic E-state index is -0.0349. The highest BCUT2D eigenvalue weighted by Crippen LogP contribution is 2.69. The highest BCUT2D eigenvalue weighted by Gasteiger charge is 2.69. The molecule has 1 N–H and O–H groups in total. The standard InChI is InChI=1S/C13H20O2/c1-12-7-13-6-8(12)5-10(15-12)9(13)3-2-4-11(13)14/h8-11,14H,2-7H2,1H3/t8?,9?,10?,11-,12?,13+/m0/s1. The van der Waals surface area contributed by atoms with Crippen LogP contribution >= 0.6 is 0 Å². The van der Waals surface area contributed by atoms with Crippen molar-refractivity contribution in [2.75, 3.05) is 0 Å². The first-order valence-corrected chi connectivity index (χ1v) is 6.50. The smallest absolute Gasteiger partial charge is 0.0694 e. The number of hydrogen-bond donors (Lipinski definition) is 1. The van der Waals surface area contributed by atoms with Crippen molar-refractivity contribution in [3.8, 4) is 0 Å². The molecule has 0 aromatic heterocycles. The first-order valence-electron chi connectivity index (χ1n) is 6.50. The summed E-state index contributed by atoms with van der Waals surface area (Å²) in [6.07, 6.45) is 7.63. The molecule has 6 atom stereocenters. The average molecular weight is 208 g/mol. The fourth-order valence-electron chi connectivity index (χ4n) is 5.38. The molecular formula is C13H20O2. The second-order valence-electron chi connectivity index (χ2n) is 6.57. The Hall–Kier alpha value is -0.0800. The van der Waals surface area contributed by atoms with Gasteiger partial charge in [0.1, 0.15) is 0 Å². The largest absolute Gasteiger partial charge is 0.393 e. The lowest BCUT2D eigenvalue weighted by atomic mass is 9.58. The molecule has 2 heteroatoms. The number of rotatable bonds is 0. The van der Waals surface area contributed by atoms with E-state index in [0.29, 0.717) is 12.0 Å². The molecule has 2 aliphatic heterocycles. The van der Waals surface area contributed by atoms with E-state index in [4.69, 9.17) is 4.74 Å². The molecule has 2 saturated heterocycles. The summed E-state index contributed by atoms with van der Waals surface area (Å²) in [5.41, 5.74) is 0.387. The maximum atomic E-state index is 10.4. The molecule has 1 spiro atoms. The third-order valence-electron chi connectivity index (χ3n) is 5.95. The first kappa shape index (κ1) is 9.00. The van der Waals surface area contributed by atoms with Gasteiger partial charge in [-0.2, -0.15) is 0 Å². The molecule has 4 bridgehead atoms. The Morgan fingerprint density at radius 2 is 2.20 bits per heavy atom. The van der Waals surface area contributed by atoms with Crippen LogP contribution in [0.1, 0.15) is 45.4 Å². The number of aliphatic hydroxyl groups is 1. The SMILES string of the molecule is CC12C[C@]34CC1CC(O2)C3CCC[C@@H]4O. The van der Waals surface area contributed by atoms with Crippen LogP contribution < -0.4 is 0 Å². The highest BCUT2D eigenvalue weighted by molar-refractivity contribution is 5.18. The van der Waals surface area contributed by atoms with Crippen LogP contribution in [0.5, 0.6) is 0 Å². The quantitative estimate of drug-likeness (QED) is 0.660. The Labute approximate surface area is 91.0 Å². The molecule has 0 aromatic rings. The minimum Gasteiger partial charge on any atom is -0.393 e. The van der Waals surface area contributed by atoms with E-state index in [1.165, 1.54) is 25.7 Å². The molecule has 3 aliphatic carbocycles. The predicted octanol–water partition coefficient (Wildman–Crippen LogP) is 2.11. The zero-order chi connectivity index (χ0) is 10.3. The fraction of sp³-hybridized carbons (Fsp3) is 1.00. The van der Waals surface area contributed by atoms with Crippen molar-refractivity contribution in [1.82, 2.24) is 0 Å². The van der Waals surface area contributed by atoms with Gasteiger partial charge in [0.05, 0.1) is 17.8 Å². The molecule has 5 aliphatic rings. The van der Waals surface area contributed by atoms with Gasteiger partial charge < -0.3 is 9.84 Å². The summed E-state index contributed by atoms with van der Waals surface area (Å²) < 4.78 is 6.24. The first-order chi connectivity index (χ1) is 7.14. The fourth-order valence-corrected chi connectivity index (χ4v) is 5.38. The van der Waals surface area contributed by atoms with Gasteiger partial charge >= 0.3 is 0 Å². The summed E-state index contributed by atoms with van der Waals surface area (Å²) in [6.45, 7) is 2.28. The third kappa shape index (κ3) is 0.861. The molecular weight excluding hydrogens is 188 g/mol. The molecule has 0 aromatic carbocycles. The molecule has 0 radical (unpaired) electrons. The Bertz CT molecular complexity index is 316. The van der Waals surface area contributed by atoms with E-state index in [1.807, 2.05) is 0 Å². The van der Waals surface area contributed by atoms with Gasteiger partial charge in [-0.25, -0.2) is 0 Å². The summed E-state index contributed by atoms with van der Waals surface area (Å²) in [5.74, 6) is 1.42. The molecule has 0 amide bonds. The van der Waals surface area contributed by atoms with Crippen molar-refractivity contribution in [2.45, 2.75) is 63.3 Å². The van der Waals surface area contributed by atoms with E-state index >= 15 is 0 Å². The van der Waals surface area contributed by atoms with Crippen molar-refractivity contribution < 1.29 is 9.84 Å². The third-order valence-corrected chi connectivity index (χ3v) is 5.95. The minimum absolute atomic E-state index is 0.0349. The van der Waals surface area contributed by atoms with Gasteiger partial charge in [-0.05, 0) is 50.9 Å². The van der Waals surface area contributed by atoms with Gasteiger partial charge in [0.25, 0.3) is 0 Å². The summed E-state index contributed by atoms with van der Waals surface area (Å²) in [5, 5.41) is 10.4. The molecule has 15 heavy (non-hydrogen) atoms. The van der Waals surface area contributed by atoms with Gasteiger partial charge in [0.2, 0.25) is 0 Å². The predicted molar refractivity (Wildman–Crippen MR) is 56.4 cm³/mol. The Kier molecular flexibility index (Phi) is 1.46. The summed E-state index contributed by atoms with van der Waals surface area (Å²) in [4.78, 5) is 0. The van der Waals surface area contributed by atoms with Gasteiger partial charge in [-0.1, -0.05) is 6.42 Å². The zero-order valence-corrected chi connectivity index (χ0v) is 9.41. The number of hydrogen-bond acceptors (Lipinski definition) is 2. The topological polar surface area (TPSA) is 29.5 Å². The van der Waals surface area contributed by atoms with Crippen molar-refractivity contribution in [1.29, 1.82) is 0 Å². The van der Waals surface area contributed by atoms with E-state index in [1.54, 1.807) is 0 Å². The van der Waals surface area contributed by atoms with Crippen LogP contribution in [0.4, 0.5) is 0 Å². The molecule has 2 heterocycles. The Morgan fingerprint density at radius 3 is 3.00 bits per heavy atom. The van der Waals surface area contributed by atoms with Crippen LogP contribution in [0.2, 0.25) is 0 Å². The van der Waals surface area contributed by atoms with E-state index in [2.05, 4.69) is 6.92 Å². The maximum absolute atomic E-state index is 10.4. The van der Waals surface area contributed by atoms with Crippen molar-refractivity contribution in [3.63, 3.8) is 0 Å². The lowest BCUT2D eigenvalue weighted by molar-refractivity contribution is -0.181. The number of ether oxygens (including phenoxy) is 1. The molecule has 4 unspecified atom stereocenters. The van der Waals surface area contributed by atoms with Crippen molar-refractivity contribution in [3.05, 3.63) is 0 Å². The second-order valence-corrected chi connectivity index (χ2v) is 6.57. The summed E-state index contributed by atoms with van der Waals surface area (Å²) in [7, 11) is 0. The van der Waals surface area contributed by atoms with Gasteiger partial charge in [-0.15, -0.1) is 0 Å². The molecule has 2 nitrogen and oxygen atoms in total. The Balaban J connectivity index is 1.81. The second kappa shape index (κ2) is 2.43. The molecule has 84 valence electrons. The van der Waals surface area contributed by atoms with Gasteiger partial charge in [-0.3, -0.25) is 0 Å². The van der Waals surface area contributed by atoms with E-state index in [0.717, 1.165) is 18.8 Å².